The molecule has 0 spiro atoms. The number of ether oxygens (including phenoxy) is 2. The van der Waals surface area contributed by atoms with Gasteiger partial charge in [0.05, 0.1) is 0 Å². The number of carbonyl (C=O) groups excluding carboxylic acids is 2. The van der Waals surface area contributed by atoms with E-state index in [2.05, 4.69) is 0 Å². The lowest BCUT2D eigenvalue weighted by molar-refractivity contribution is -0.117. The quantitative estimate of drug-likeness (QED) is 0.853. The van der Waals surface area contributed by atoms with E-state index in [1.165, 1.54) is 11.8 Å². The predicted octanol–water partition coefficient (Wildman–Crippen LogP) is 2.05. The Balaban J connectivity index is 1.71. The second-order valence-corrected chi connectivity index (χ2v) is 6.11. The van der Waals surface area contributed by atoms with Crippen molar-refractivity contribution < 1.29 is 19.1 Å². The van der Waals surface area contributed by atoms with Crippen molar-refractivity contribution in [2.24, 2.45) is 5.92 Å². The van der Waals surface area contributed by atoms with E-state index in [4.69, 9.17) is 9.47 Å². The molecule has 1 unspecified atom stereocenters. The van der Waals surface area contributed by atoms with Crippen molar-refractivity contribution in [2.75, 3.05) is 24.0 Å². The zero-order valence-corrected chi connectivity index (χ0v) is 11.9. The normalized spacial score (nSPS) is 20.6. The van der Waals surface area contributed by atoms with E-state index in [0.29, 0.717) is 30.2 Å². The van der Waals surface area contributed by atoms with Crippen LogP contribution in [0.5, 0.6) is 11.5 Å². The van der Waals surface area contributed by atoms with E-state index in [0.717, 1.165) is 5.69 Å². The lowest BCUT2D eigenvalue weighted by Gasteiger charge is -2.17. The van der Waals surface area contributed by atoms with E-state index in [9.17, 15) is 9.59 Å². The van der Waals surface area contributed by atoms with E-state index in [1.807, 2.05) is 18.2 Å². The molecule has 1 aromatic carbocycles. The standard InChI is InChI=1S/C14H15NO4S/c1-9(16)20-7-10-4-14(17)15(6-10)11-2-3-12-13(5-11)19-8-18-12/h2-3,5,10H,4,6-8H2,1H3. The molecule has 1 fully saturated rings. The monoisotopic (exact) mass is 293 g/mol. The number of benzene rings is 1. The molecule has 0 radical (unpaired) electrons. The zero-order chi connectivity index (χ0) is 14.1. The summed E-state index contributed by atoms with van der Waals surface area (Å²) in [4.78, 5) is 24.8. The molecule has 2 heterocycles. The van der Waals surface area contributed by atoms with Crippen LogP contribution in [-0.2, 0) is 9.59 Å². The molecule has 2 aliphatic heterocycles. The van der Waals surface area contributed by atoms with Gasteiger partial charge in [0, 0.05) is 37.4 Å². The summed E-state index contributed by atoms with van der Waals surface area (Å²) in [6.45, 7) is 2.43. The van der Waals surface area contributed by atoms with Crippen molar-refractivity contribution in [3.8, 4) is 11.5 Å². The van der Waals surface area contributed by atoms with E-state index in [-0.39, 0.29) is 23.7 Å². The fraction of sp³-hybridized carbons (Fsp3) is 0.429. The molecule has 1 amide bonds. The SMILES string of the molecule is CC(=O)SCC1CC(=O)N(c2ccc3c(c2)OCO3)C1. The molecule has 3 rings (SSSR count). The van der Waals surface area contributed by atoms with Gasteiger partial charge in [-0.1, -0.05) is 11.8 Å². The van der Waals surface area contributed by atoms with Gasteiger partial charge in [0.1, 0.15) is 0 Å². The second-order valence-electron chi connectivity index (χ2n) is 4.91. The fourth-order valence-electron chi connectivity index (χ4n) is 2.43. The second kappa shape index (κ2) is 5.36. The molecule has 0 N–H and O–H groups in total. The minimum atomic E-state index is 0.0954. The molecular formula is C14H15NO4S. The van der Waals surface area contributed by atoms with Crippen LogP contribution in [0.2, 0.25) is 0 Å². The Kier molecular flexibility index (Phi) is 3.56. The van der Waals surface area contributed by atoms with Crippen molar-refractivity contribution in [1.82, 2.24) is 0 Å². The van der Waals surface area contributed by atoms with Gasteiger partial charge in [-0.25, -0.2) is 0 Å². The Morgan fingerprint density at radius 1 is 1.40 bits per heavy atom. The first-order chi connectivity index (χ1) is 9.63. The van der Waals surface area contributed by atoms with Gasteiger partial charge in [-0.3, -0.25) is 9.59 Å². The van der Waals surface area contributed by atoms with E-state index < -0.39 is 0 Å². The van der Waals surface area contributed by atoms with Crippen LogP contribution >= 0.6 is 11.8 Å². The minimum Gasteiger partial charge on any atom is -0.454 e. The summed E-state index contributed by atoms with van der Waals surface area (Å²) in [6, 6.07) is 5.52. The van der Waals surface area contributed by atoms with Gasteiger partial charge in [-0.05, 0) is 18.1 Å². The molecule has 2 aliphatic rings. The number of carbonyl (C=O) groups is 2. The number of nitrogens with zero attached hydrogens (tertiary/aromatic N) is 1. The third-order valence-corrected chi connectivity index (χ3v) is 4.44. The highest BCUT2D eigenvalue weighted by atomic mass is 32.2. The Bertz CT molecular complexity index is 560. The fourth-order valence-corrected chi connectivity index (χ4v) is 3.12. The molecule has 1 aromatic rings. The summed E-state index contributed by atoms with van der Waals surface area (Å²) in [5, 5.41) is 0.0963. The third-order valence-electron chi connectivity index (χ3n) is 3.40. The Hall–Kier alpha value is -1.69. The molecule has 0 aliphatic carbocycles. The number of hydrogen-bond donors (Lipinski definition) is 0. The Morgan fingerprint density at radius 3 is 3.00 bits per heavy atom. The van der Waals surface area contributed by atoms with E-state index in [1.54, 1.807) is 11.8 Å². The molecule has 20 heavy (non-hydrogen) atoms. The lowest BCUT2D eigenvalue weighted by Crippen LogP contribution is -2.24. The molecular weight excluding hydrogens is 278 g/mol. The molecule has 1 saturated heterocycles. The first kappa shape index (κ1) is 13.3. The van der Waals surface area contributed by atoms with Crippen LogP contribution in [0.4, 0.5) is 5.69 Å². The highest BCUT2D eigenvalue weighted by Gasteiger charge is 2.31. The maximum absolute atomic E-state index is 12.1. The topological polar surface area (TPSA) is 55.8 Å². The molecule has 1 atom stereocenters. The summed E-state index contributed by atoms with van der Waals surface area (Å²) in [5.41, 5.74) is 0.828. The number of thioether (sulfide) groups is 1. The van der Waals surface area contributed by atoms with Crippen molar-refractivity contribution in [3.05, 3.63) is 18.2 Å². The van der Waals surface area contributed by atoms with E-state index >= 15 is 0 Å². The average Bonchev–Trinajstić information content (AvgIpc) is 3.01. The first-order valence-electron chi connectivity index (χ1n) is 6.47. The largest absolute Gasteiger partial charge is 0.454 e. The molecule has 0 aromatic heterocycles. The van der Waals surface area contributed by atoms with Crippen molar-refractivity contribution in [1.29, 1.82) is 0 Å². The minimum absolute atomic E-state index is 0.0954. The van der Waals surface area contributed by atoms with Gasteiger partial charge in [0.25, 0.3) is 0 Å². The highest BCUT2D eigenvalue weighted by molar-refractivity contribution is 8.13. The molecule has 5 nitrogen and oxygen atoms in total. The van der Waals surface area contributed by atoms with Gasteiger partial charge in [0.15, 0.2) is 16.6 Å². The van der Waals surface area contributed by atoms with Crippen molar-refractivity contribution in [2.45, 2.75) is 13.3 Å². The van der Waals surface area contributed by atoms with Crippen LogP contribution < -0.4 is 14.4 Å². The van der Waals surface area contributed by atoms with Crippen LogP contribution in [0.15, 0.2) is 18.2 Å². The van der Waals surface area contributed by atoms with Gasteiger partial charge in [-0.15, -0.1) is 0 Å². The zero-order valence-electron chi connectivity index (χ0n) is 11.1. The van der Waals surface area contributed by atoms with Gasteiger partial charge >= 0.3 is 0 Å². The first-order valence-corrected chi connectivity index (χ1v) is 7.45. The van der Waals surface area contributed by atoms with Crippen molar-refractivity contribution >= 4 is 28.5 Å². The summed E-state index contributed by atoms with van der Waals surface area (Å²) in [7, 11) is 0. The smallest absolute Gasteiger partial charge is 0.231 e. The van der Waals surface area contributed by atoms with Gasteiger partial charge < -0.3 is 14.4 Å². The lowest BCUT2D eigenvalue weighted by atomic mass is 10.1. The van der Waals surface area contributed by atoms with Crippen molar-refractivity contribution in [3.63, 3.8) is 0 Å². The number of amides is 1. The molecule has 6 heteroatoms. The molecule has 106 valence electrons. The third kappa shape index (κ3) is 2.60. The maximum Gasteiger partial charge on any atom is 0.231 e. The van der Waals surface area contributed by atoms with Crippen LogP contribution in [-0.4, -0.2) is 30.1 Å². The van der Waals surface area contributed by atoms with Crippen LogP contribution in [0.25, 0.3) is 0 Å². The number of anilines is 1. The number of rotatable bonds is 3. The van der Waals surface area contributed by atoms with Crippen LogP contribution in [0, 0.1) is 5.92 Å². The Labute approximate surface area is 121 Å². The predicted molar refractivity (Wildman–Crippen MR) is 76.2 cm³/mol. The maximum atomic E-state index is 12.1. The summed E-state index contributed by atoms with van der Waals surface area (Å²) in [5.74, 6) is 2.41. The number of hydrogen-bond acceptors (Lipinski definition) is 5. The molecule has 0 saturated carbocycles. The van der Waals surface area contributed by atoms with Gasteiger partial charge in [-0.2, -0.15) is 0 Å². The highest BCUT2D eigenvalue weighted by Crippen LogP contribution is 2.37. The van der Waals surface area contributed by atoms with Gasteiger partial charge in [0.2, 0.25) is 12.7 Å². The van der Waals surface area contributed by atoms with Crippen LogP contribution in [0.3, 0.4) is 0 Å². The summed E-state index contributed by atoms with van der Waals surface area (Å²) < 4.78 is 10.6. The summed E-state index contributed by atoms with van der Waals surface area (Å²) >= 11 is 1.29. The van der Waals surface area contributed by atoms with Crippen LogP contribution in [0.1, 0.15) is 13.3 Å². The number of fused-ring (bicyclic) bond motifs is 1. The molecule has 0 bridgehead atoms. The summed E-state index contributed by atoms with van der Waals surface area (Å²) in [6.07, 6.45) is 0.495. The Morgan fingerprint density at radius 2 is 2.20 bits per heavy atom. The average molecular weight is 293 g/mol.